The summed E-state index contributed by atoms with van der Waals surface area (Å²) in [5.41, 5.74) is 0.491. The first-order chi connectivity index (χ1) is 9.20. The maximum atomic E-state index is 11.9. The van der Waals surface area contributed by atoms with Gasteiger partial charge in [-0.25, -0.2) is 4.98 Å². The number of nitrogens with zero attached hydrogens (tertiary/aromatic N) is 2. The minimum absolute atomic E-state index is 0.128. The van der Waals surface area contributed by atoms with Gasteiger partial charge in [0, 0.05) is 26.3 Å². The molecule has 0 saturated carbocycles. The first-order valence-corrected chi connectivity index (χ1v) is 6.92. The molecule has 0 bridgehead atoms. The number of amides is 1. The Balaban J connectivity index is 1.83. The predicted molar refractivity (Wildman–Crippen MR) is 76.8 cm³/mol. The van der Waals surface area contributed by atoms with Crippen LogP contribution in [0.3, 0.4) is 0 Å². The Morgan fingerprint density at radius 3 is 2.84 bits per heavy atom. The van der Waals surface area contributed by atoms with Crippen molar-refractivity contribution in [3.8, 4) is 0 Å². The molecule has 2 rings (SSSR count). The molecule has 0 aromatic carbocycles. The number of hydrogen-bond donors (Lipinski definition) is 2. The van der Waals surface area contributed by atoms with E-state index in [1.54, 1.807) is 13.1 Å². The molecular formula is C13H19ClN4O. The summed E-state index contributed by atoms with van der Waals surface area (Å²) in [6, 6.07) is 1.63. The lowest BCUT2D eigenvalue weighted by molar-refractivity contribution is 0.0949. The van der Waals surface area contributed by atoms with Crippen LogP contribution < -0.4 is 10.6 Å². The normalized spacial score (nSPS) is 15.5. The van der Waals surface area contributed by atoms with E-state index in [1.807, 2.05) is 0 Å². The number of aromatic nitrogens is 1. The lowest BCUT2D eigenvalue weighted by Gasteiger charge is -2.14. The van der Waals surface area contributed by atoms with Crippen molar-refractivity contribution in [2.24, 2.45) is 0 Å². The zero-order valence-electron chi connectivity index (χ0n) is 11.1. The molecule has 2 N–H and O–H groups in total. The van der Waals surface area contributed by atoms with Crippen molar-refractivity contribution in [2.45, 2.75) is 12.8 Å². The van der Waals surface area contributed by atoms with Crippen LogP contribution in [0.1, 0.15) is 23.2 Å². The van der Waals surface area contributed by atoms with E-state index in [0.717, 1.165) is 19.6 Å². The molecule has 1 aromatic heterocycles. The first kappa shape index (κ1) is 14.1. The number of halogens is 1. The van der Waals surface area contributed by atoms with Crippen molar-refractivity contribution in [2.75, 3.05) is 38.5 Å². The Labute approximate surface area is 118 Å². The van der Waals surface area contributed by atoms with Crippen molar-refractivity contribution < 1.29 is 4.79 Å². The van der Waals surface area contributed by atoms with Crippen LogP contribution in [0, 0.1) is 0 Å². The summed E-state index contributed by atoms with van der Waals surface area (Å²) >= 11 is 6.00. The second-order valence-corrected chi connectivity index (χ2v) is 5.02. The number of rotatable bonds is 5. The molecule has 1 aliphatic rings. The largest absolute Gasteiger partial charge is 0.372 e. The molecule has 0 spiro atoms. The lowest BCUT2D eigenvalue weighted by atomic mass is 10.2. The highest BCUT2D eigenvalue weighted by atomic mass is 35.5. The summed E-state index contributed by atoms with van der Waals surface area (Å²) in [5.74, 6) is 0.450. The average molecular weight is 283 g/mol. The second-order valence-electron chi connectivity index (χ2n) is 4.61. The van der Waals surface area contributed by atoms with E-state index in [-0.39, 0.29) is 5.91 Å². The van der Waals surface area contributed by atoms with E-state index in [4.69, 9.17) is 11.6 Å². The lowest BCUT2D eigenvalue weighted by Crippen LogP contribution is -2.33. The van der Waals surface area contributed by atoms with Gasteiger partial charge < -0.3 is 15.5 Å². The Morgan fingerprint density at radius 2 is 2.21 bits per heavy atom. The SMILES string of the molecule is CNc1ncc(C(=O)NCCN2CCCC2)cc1Cl. The van der Waals surface area contributed by atoms with E-state index < -0.39 is 0 Å². The van der Waals surface area contributed by atoms with Crippen LogP contribution in [0.15, 0.2) is 12.3 Å². The number of likely N-dealkylation sites (tertiary alicyclic amines) is 1. The molecule has 104 valence electrons. The highest BCUT2D eigenvalue weighted by molar-refractivity contribution is 6.33. The highest BCUT2D eigenvalue weighted by Gasteiger charge is 2.12. The number of nitrogens with one attached hydrogen (secondary N) is 2. The van der Waals surface area contributed by atoms with E-state index >= 15 is 0 Å². The molecule has 5 nitrogen and oxygen atoms in total. The number of hydrogen-bond acceptors (Lipinski definition) is 4. The Bertz CT molecular complexity index is 446. The van der Waals surface area contributed by atoms with Gasteiger partial charge in [0.2, 0.25) is 0 Å². The van der Waals surface area contributed by atoms with Gasteiger partial charge in [0.15, 0.2) is 0 Å². The van der Waals surface area contributed by atoms with Gasteiger partial charge >= 0.3 is 0 Å². The maximum absolute atomic E-state index is 11.9. The van der Waals surface area contributed by atoms with E-state index in [9.17, 15) is 4.79 Å². The zero-order valence-corrected chi connectivity index (χ0v) is 11.8. The fourth-order valence-corrected chi connectivity index (χ4v) is 2.44. The quantitative estimate of drug-likeness (QED) is 0.861. The predicted octanol–water partition coefficient (Wildman–Crippen LogP) is 1.60. The highest BCUT2D eigenvalue weighted by Crippen LogP contribution is 2.19. The molecule has 1 aromatic rings. The van der Waals surface area contributed by atoms with Crippen LogP contribution in [0.25, 0.3) is 0 Å². The molecule has 2 heterocycles. The summed E-state index contributed by atoms with van der Waals surface area (Å²) in [7, 11) is 1.74. The van der Waals surface area contributed by atoms with Crippen molar-refractivity contribution in [3.63, 3.8) is 0 Å². The summed E-state index contributed by atoms with van der Waals surface area (Å²) in [4.78, 5) is 18.4. The molecule has 1 amide bonds. The molecule has 1 aliphatic heterocycles. The van der Waals surface area contributed by atoms with Crippen molar-refractivity contribution in [1.82, 2.24) is 15.2 Å². The van der Waals surface area contributed by atoms with Crippen LogP contribution in [0.4, 0.5) is 5.82 Å². The summed E-state index contributed by atoms with van der Waals surface area (Å²) < 4.78 is 0. The molecule has 19 heavy (non-hydrogen) atoms. The molecule has 1 saturated heterocycles. The zero-order chi connectivity index (χ0) is 13.7. The smallest absolute Gasteiger partial charge is 0.252 e. The van der Waals surface area contributed by atoms with Crippen LogP contribution in [0.5, 0.6) is 0 Å². The number of carbonyl (C=O) groups excluding carboxylic acids is 1. The van der Waals surface area contributed by atoms with Crippen LogP contribution in [0.2, 0.25) is 5.02 Å². The minimum Gasteiger partial charge on any atom is -0.372 e. The Morgan fingerprint density at radius 1 is 1.47 bits per heavy atom. The third-order valence-corrected chi connectivity index (χ3v) is 3.54. The molecule has 1 fully saturated rings. The second kappa shape index (κ2) is 6.73. The standard InChI is InChI=1S/C13H19ClN4O/c1-15-12-11(14)8-10(9-17-12)13(19)16-4-7-18-5-2-3-6-18/h8-9H,2-7H2,1H3,(H,15,17)(H,16,19). The van der Waals surface area contributed by atoms with E-state index in [1.165, 1.54) is 19.0 Å². The van der Waals surface area contributed by atoms with Crippen molar-refractivity contribution in [3.05, 3.63) is 22.8 Å². The van der Waals surface area contributed by atoms with E-state index in [0.29, 0.717) is 22.9 Å². The van der Waals surface area contributed by atoms with Crippen LogP contribution in [-0.2, 0) is 0 Å². The van der Waals surface area contributed by atoms with Gasteiger partial charge in [0.1, 0.15) is 5.82 Å². The van der Waals surface area contributed by atoms with Crippen molar-refractivity contribution in [1.29, 1.82) is 0 Å². The number of carbonyl (C=O) groups is 1. The molecule has 0 radical (unpaired) electrons. The van der Waals surface area contributed by atoms with Gasteiger partial charge in [0.25, 0.3) is 5.91 Å². The topological polar surface area (TPSA) is 57.3 Å². The molecular weight excluding hydrogens is 264 g/mol. The summed E-state index contributed by atoms with van der Waals surface area (Å²) in [6.45, 7) is 3.84. The maximum Gasteiger partial charge on any atom is 0.252 e. The van der Waals surface area contributed by atoms with Gasteiger partial charge in [-0.15, -0.1) is 0 Å². The van der Waals surface area contributed by atoms with Gasteiger partial charge in [-0.2, -0.15) is 0 Å². The van der Waals surface area contributed by atoms with Gasteiger partial charge in [-0.05, 0) is 32.0 Å². The van der Waals surface area contributed by atoms with Gasteiger partial charge in [-0.3, -0.25) is 4.79 Å². The van der Waals surface area contributed by atoms with Gasteiger partial charge in [-0.1, -0.05) is 11.6 Å². The third-order valence-electron chi connectivity index (χ3n) is 3.25. The monoisotopic (exact) mass is 282 g/mol. The first-order valence-electron chi connectivity index (χ1n) is 6.54. The van der Waals surface area contributed by atoms with E-state index in [2.05, 4.69) is 20.5 Å². The number of pyridine rings is 1. The van der Waals surface area contributed by atoms with Gasteiger partial charge in [0.05, 0.1) is 10.6 Å². The molecule has 0 aliphatic carbocycles. The van der Waals surface area contributed by atoms with Crippen molar-refractivity contribution >= 4 is 23.3 Å². The minimum atomic E-state index is -0.128. The van der Waals surface area contributed by atoms with Crippen LogP contribution in [-0.4, -0.2) is 49.0 Å². The Kier molecular flexibility index (Phi) is 4.99. The van der Waals surface area contributed by atoms with Crippen LogP contribution >= 0.6 is 11.6 Å². The molecule has 6 heteroatoms. The molecule has 0 atom stereocenters. The summed E-state index contributed by atoms with van der Waals surface area (Å²) in [6.07, 6.45) is 4.06. The fraction of sp³-hybridized carbons (Fsp3) is 0.538. The Hall–Kier alpha value is -1.33. The average Bonchev–Trinajstić information content (AvgIpc) is 2.91. The molecule has 0 unspecified atom stereocenters. The fourth-order valence-electron chi connectivity index (χ4n) is 2.18. The number of anilines is 1. The summed E-state index contributed by atoms with van der Waals surface area (Å²) in [5, 5.41) is 6.20. The third kappa shape index (κ3) is 3.81.